The number of carbonyl (C=O) groups is 1. The Morgan fingerprint density at radius 1 is 1.00 bits per heavy atom. The highest BCUT2D eigenvalue weighted by Gasteiger charge is 2.33. The maximum atomic E-state index is 13.6. The van der Waals surface area contributed by atoms with Gasteiger partial charge < -0.3 is 4.74 Å². The van der Waals surface area contributed by atoms with Crippen LogP contribution in [-0.2, 0) is 4.74 Å². The van der Waals surface area contributed by atoms with Crippen molar-refractivity contribution in [1.29, 1.82) is 0 Å². The number of hydrogen-bond donors (Lipinski definition) is 0. The molecule has 3 aromatic rings. The molecule has 1 fully saturated rings. The largest absolute Gasteiger partial charge is 0.381 e. The van der Waals surface area contributed by atoms with Crippen molar-refractivity contribution in [2.24, 2.45) is 0 Å². The number of aromatic nitrogens is 1. The van der Waals surface area contributed by atoms with Gasteiger partial charge in [-0.1, -0.05) is 54.1 Å². The monoisotopic (exact) mass is 420 g/mol. The number of nitrogens with zero attached hydrogens (tertiary/aromatic N) is 2. The third kappa shape index (κ3) is 4.40. The number of pyridine rings is 1. The van der Waals surface area contributed by atoms with Crippen LogP contribution in [0.4, 0.5) is 5.82 Å². The zero-order valence-corrected chi connectivity index (χ0v) is 17.8. The van der Waals surface area contributed by atoms with E-state index in [1.807, 2.05) is 42.5 Å². The summed E-state index contributed by atoms with van der Waals surface area (Å²) in [7, 11) is 1.73. The SMILES string of the molecule is COC1CCC[C@@H](N(C(=O)c2ccc(-c3ccccc3)cc2)c2ncccc2Cl)C1. The molecule has 2 atom stereocenters. The Labute approximate surface area is 182 Å². The van der Waals surface area contributed by atoms with Crippen molar-refractivity contribution < 1.29 is 9.53 Å². The lowest BCUT2D eigenvalue weighted by molar-refractivity contribution is 0.0611. The smallest absolute Gasteiger partial charge is 0.259 e. The fraction of sp³-hybridized carbons (Fsp3) is 0.280. The third-order valence-corrected chi connectivity index (χ3v) is 6.02. The van der Waals surface area contributed by atoms with Gasteiger partial charge in [0.25, 0.3) is 5.91 Å². The number of halogens is 1. The van der Waals surface area contributed by atoms with Gasteiger partial charge in [0, 0.05) is 24.9 Å². The molecule has 4 nitrogen and oxygen atoms in total. The standard InChI is InChI=1S/C25H25ClN2O2/c1-30-22-10-5-9-21(17-22)28(24-23(26)11-6-16-27-24)25(29)20-14-12-19(13-15-20)18-7-3-2-4-8-18/h2-4,6-8,11-16,21-22H,5,9-10,17H2,1H3/t21-,22?/m1/s1. The van der Waals surface area contributed by atoms with E-state index in [9.17, 15) is 4.79 Å². The fourth-order valence-electron chi connectivity index (χ4n) is 4.13. The first-order valence-electron chi connectivity index (χ1n) is 10.3. The Hall–Kier alpha value is -2.69. The van der Waals surface area contributed by atoms with Crippen molar-refractivity contribution in [2.75, 3.05) is 12.0 Å². The second kappa shape index (κ2) is 9.41. The molecule has 2 aromatic carbocycles. The average molecular weight is 421 g/mol. The maximum Gasteiger partial charge on any atom is 0.259 e. The number of ether oxygens (including phenoxy) is 1. The van der Waals surface area contributed by atoms with Gasteiger partial charge >= 0.3 is 0 Å². The molecule has 30 heavy (non-hydrogen) atoms. The highest BCUT2D eigenvalue weighted by Crippen LogP contribution is 2.33. The number of carbonyl (C=O) groups excluding carboxylic acids is 1. The fourth-order valence-corrected chi connectivity index (χ4v) is 4.35. The molecule has 1 heterocycles. The van der Waals surface area contributed by atoms with Gasteiger partial charge in [-0.2, -0.15) is 0 Å². The first-order chi connectivity index (χ1) is 14.7. The first kappa shape index (κ1) is 20.6. The van der Waals surface area contributed by atoms with Crippen LogP contribution in [0, 0.1) is 0 Å². The molecule has 1 amide bonds. The van der Waals surface area contributed by atoms with Gasteiger partial charge in [-0.15, -0.1) is 0 Å². The van der Waals surface area contributed by atoms with E-state index in [0.717, 1.165) is 36.8 Å². The minimum absolute atomic E-state index is 0.00241. The quantitative estimate of drug-likeness (QED) is 0.507. The van der Waals surface area contributed by atoms with Crippen LogP contribution in [0.15, 0.2) is 72.9 Å². The van der Waals surface area contributed by atoms with Crippen LogP contribution in [0.1, 0.15) is 36.0 Å². The average Bonchev–Trinajstić information content (AvgIpc) is 2.81. The summed E-state index contributed by atoms with van der Waals surface area (Å²) in [5.41, 5.74) is 2.82. The van der Waals surface area contributed by atoms with E-state index < -0.39 is 0 Å². The summed E-state index contributed by atoms with van der Waals surface area (Å²) >= 11 is 6.46. The van der Waals surface area contributed by atoms with Crippen molar-refractivity contribution in [3.05, 3.63) is 83.5 Å². The van der Waals surface area contributed by atoms with Gasteiger partial charge in [-0.3, -0.25) is 9.69 Å². The van der Waals surface area contributed by atoms with E-state index in [1.54, 1.807) is 30.3 Å². The molecule has 0 spiro atoms. The van der Waals surface area contributed by atoms with Gasteiger partial charge in [0.05, 0.1) is 11.1 Å². The van der Waals surface area contributed by atoms with Crippen LogP contribution >= 0.6 is 11.6 Å². The molecule has 1 aliphatic rings. The summed E-state index contributed by atoms with van der Waals surface area (Å²) in [6.45, 7) is 0. The van der Waals surface area contributed by atoms with Crippen molar-refractivity contribution in [2.45, 2.75) is 37.8 Å². The molecule has 1 saturated carbocycles. The lowest BCUT2D eigenvalue weighted by atomic mass is 9.91. The van der Waals surface area contributed by atoms with Crippen LogP contribution in [0.2, 0.25) is 5.02 Å². The summed E-state index contributed by atoms with van der Waals surface area (Å²) < 4.78 is 5.60. The minimum atomic E-state index is -0.0861. The lowest BCUT2D eigenvalue weighted by Crippen LogP contribution is -2.45. The van der Waals surface area contributed by atoms with Crippen molar-refractivity contribution in [3.8, 4) is 11.1 Å². The second-order valence-corrected chi connectivity index (χ2v) is 8.01. The van der Waals surface area contributed by atoms with Crippen molar-refractivity contribution in [1.82, 2.24) is 4.98 Å². The topological polar surface area (TPSA) is 42.4 Å². The molecule has 0 saturated heterocycles. The van der Waals surface area contributed by atoms with E-state index >= 15 is 0 Å². The number of hydrogen-bond acceptors (Lipinski definition) is 3. The van der Waals surface area contributed by atoms with Gasteiger partial charge in [0.2, 0.25) is 0 Å². The number of rotatable bonds is 5. The van der Waals surface area contributed by atoms with Gasteiger partial charge in [-0.25, -0.2) is 4.98 Å². The molecule has 0 N–H and O–H groups in total. The lowest BCUT2D eigenvalue weighted by Gasteiger charge is -2.36. The number of benzene rings is 2. The molecule has 0 bridgehead atoms. The summed E-state index contributed by atoms with van der Waals surface area (Å²) in [6, 6.07) is 21.4. The highest BCUT2D eigenvalue weighted by molar-refractivity contribution is 6.33. The molecule has 0 aliphatic heterocycles. The van der Waals surface area contributed by atoms with Crippen molar-refractivity contribution in [3.63, 3.8) is 0 Å². The van der Waals surface area contributed by atoms with E-state index in [1.165, 1.54) is 0 Å². The van der Waals surface area contributed by atoms with Crippen LogP contribution in [0.25, 0.3) is 11.1 Å². The molecule has 154 valence electrons. The van der Waals surface area contributed by atoms with Gasteiger partial charge in [0.15, 0.2) is 5.82 Å². The molecule has 5 heteroatoms. The van der Waals surface area contributed by atoms with Crippen LogP contribution in [0.3, 0.4) is 0 Å². The Bertz CT molecular complexity index is 992. The van der Waals surface area contributed by atoms with Crippen LogP contribution in [-0.4, -0.2) is 30.1 Å². The van der Waals surface area contributed by atoms with Crippen LogP contribution in [0.5, 0.6) is 0 Å². The molecule has 4 rings (SSSR count). The molecular formula is C25H25ClN2O2. The predicted octanol–water partition coefficient (Wildman–Crippen LogP) is 6.01. The molecule has 0 radical (unpaired) electrons. The molecular weight excluding hydrogens is 396 g/mol. The molecule has 1 aliphatic carbocycles. The Morgan fingerprint density at radius 3 is 2.43 bits per heavy atom. The predicted molar refractivity (Wildman–Crippen MR) is 121 cm³/mol. The van der Waals surface area contributed by atoms with E-state index in [0.29, 0.717) is 16.4 Å². The Morgan fingerprint density at radius 2 is 1.73 bits per heavy atom. The van der Waals surface area contributed by atoms with E-state index in [-0.39, 0.29) is 18.1 Å². The van der Waals surface area contributed by atoms with Crippen molar-refractivity contribution >= 4 is 23.3 Å². The number of amides is 1. The zero-order chi connectivity index (χ0) is 20.9. The van der Waals surface area contributed by atoms with E-state index in [4.69, 9.17) is 16.3 Å². The van der Waals surface area contributed by atoms with Gasteiger partial charge in [-0.05, 0) is 61.1 Å². The maximum absolute atomic E-state index is 13.6. The van der Waals surface area contributed by atoms with Crippen LogP contribution < -0.4 is 4.90 Å². The van der Waals surface area contributed by atoms with Gasteiger partial charge in [0.1, 0.15) is 0 Å². The summed E-state index contributed by atoms with van der Waals surface area (Å²) in [4.78, 5) is 19.8. The Balaban J connectivity index is 1.66. The zero-order valence-electron chi connectivity index (χ0n) is 17.0. The second-order valence-electron chi connectivity index (χ2n) is 7.61. The molecule has 1 aromatic heterocycles. The normalized spacial score (nSPS) is 18.7. The minimum Gasteiger partial charge on any atom is -0.381 e. The first-order valence-corrected chi connectivity index (χ1v) is 10.7. The Kier molecular flexibility index (Phi) is 6.46. The summed E-state index contributed by atoms with van der Waals surface area (Å²) in [5.74, 6) is 0.426. The summed E-state index contributed by atoms with van der Waals surface area (Å²) in [6.07, 6.45) is 5.51. The third-order valence-electron chi connectivity index (χ3n) is 5.72. The number of methoxy groups -OCH3 is 1. The molecule has 1 unspecified atom stereocenters. The van der Waals surface area contributed by atoms with E-state index in [2.05, 4.69) is 17.1 Å². The number of anilines is 1. The summed E-state index contributed by atoms with van der Waals surface area (Å²) in [5, 5.41) is 0.478. The highest BCUT2D eigenvalue weighted by atomic mass is 35.5.